The third-order valence-electron chi connectivity index (χ3n) is 21.8. The zero-order valence-electron chi connectivity index (χ0n) is 72.9. The summed E-state index contributed by atoms with van der Waals surface area (Å²) in [5, 5.41) is 0. The number of methoxy groups -OCH3 is 1. The fourth-order valence-corrected chi connectivity index (χ4v) is 15.6. The van der Waals surface area contributed by atoms with E-state index in [0.29, 0.717) is 75.8 Å². The first-order chi connectivity index (χ1) is 53.1. The molecule has 113 heavy (non-hydrogen) atoms. The number of anilines is 1. The summed E-state index contributed by atoms with van der Waals surface area (Å²) in [6.07, 6.45) is 9.25. The van der Waals surface area contributed by atoms with E-state index in [2.05, 4.69) is 61.3 Å². The van der Waals surface area contributed by atoms with Gasteiger partial charge >= 0.3 is 0 Å². The van der Waals surface area contributed by atoms with Gasteiger partial charge in [0.2, 0.25) is 59.6 Å². The molecule has 2 aromatic heterocycles. The molecular weight excluding hydrogens is 1460 g/mol. The largest absolute Gasteiger partial charge is 0.448 e. The van der Waals surface area contributed by atoms with Crippen LogP contribution in [0.2, 0.25) is 0 Å². The molecule has 10 rings (SSSR count). The van der Waals surface area contributed by atoms with Crippen LogP contribution in [0.15, 0.2) is 41.4 Å². The van der Waals surface area contributed by atoms with E-state index >= 15 is 0 Å². The average Bonchev–Trinajstić information content (AvgIpc) is 1.73. The summed E-state index contributed by atoms with van der Waals surface area (Å²) >= 11 is 0. The number of nitrogens with zero attached hydrogens (tertiary/aromatic N) is 16. The second-order valence-corrected chi connectivity index (χ2v) is 36.5. The van der Waals surface area contributed by atoms with E-state index in [1.165, 1.54) is 0 Å². The van der Waals surface area contributed by atoms with Crippen LogP contribution in [0.1, 0.15) is 150 Å². The van der Waals surface area contributed by atoms with Gasteiger partial charge < -0.3 is 59.0 Å². The monoisotopic (exact) mass is 1610 g/mol. The van der Waals surface area contributed by atoms with Crippen molar-refractivity contribution in [1.29, 1.82) is 0 Å². The van der Waals surface area contributed by atoms with Gasteiger partial charge in [0.1, 0.15) is 16.1 Å². The molecule has 0 aliphatic carbocycles. The smallest absolute Gasteiger partial charge is 0.237 e. The Morgan fingerprint density at radius 3 is 1.15 bits per heavy atom. The van der Waals surface area contributed by atoms with Gasteiger partial charge in [-0.05, 0) is 59.6 Å². The highest BCUT2D eigenvalue weighted by molar-refractivity contribution is 7.91. The molecule has 0 spiro atoms. The summed E-state index contributed by atoms with van der Waals surface area (Å²) in [5.41, 5.74) is 6.12. The van der Waals surface area contributed by atoms with Crippen molar-refractivity contribution in [3.63, 3.8) is 0 Å². The van der Waals surface area contributed by atoms with Gasteiger partial charge in [0.05, 0.1) is 48.3 Å². The Hall–Kier alpha value is -6.90. The Morgan fingerprint density at radius 1 is 0.487 bits per heavy atom. The highest BCUT2D eigenvalue weighted by atomic mass is 32.2. The predicted octanol–water partition coefficient (Wildman–Crippen LogP) is 4.74. The number of oxazole rings is 1. The topological polar surface area (TPSA) is 307 Å². The van der Waals surface area contributed by atoms with Crippen LogP contribution in [0.3, 0.4) is 0 Å². The molecule has 30 nitrogen and oxygen atoms in total. The molecule has 2 aromatic rings. The van der Waals surface area contributed by atoms with Gasteiger partial charge in [0.25, 0.3) is 0 Å². The highest BCUT2D eigenvalue weighted by Gasteiger charge is 2.37. The molecule has 644 valence electrons. The number of primary amides is 1. The molecule has 8 aliphatic rings. The third-order valence-corrected chi connectivity index (χ3v) is 23.6. The van der Waals surface area contributed by atoms with Crippen LogP contribution in [0.4, 0.5) is 5.69 Å². The van der Waals surface area contributed by atoms with Crippen LogP contribution in [0.5, 0.6) is 0 Å². The summed E-state index contributed by atoms with van der Waals surface area (Å²) in [7, 11) is -1.06. The van der Waals surface area contributed by atoms with Crippen molar-refractivity contribution >= 4 is 69.2 Å². The van der Waals surface area contributed by atoms with Crippen molar-refractivity contribution in [3.05, 3.63) is 42.9 Å². The Morgan fingerprint density at radius 2 is 0.832 bits per heavy atom. The fourth-order valence-electron chi connectivity index (χ4n) is 14.2. The van der Waals surface area contributed by atoms with Crippen LogP contribution in [-0.2, 0) is 64.3 Å². The predicted molar refractivity (Wildman–Crippen MR) is 444 cm³/mol. The van der Waals surface area contributed by atoms with E-state index in [9.17, 15) is 51.6 Å². The van der Waals surface area contributed by atoms with Crippen LogP contribution < -0.4 is 10.6 Å². The van der Waals surface area contributed by atoms with E-state index in [1.54, 1.807) is 30.7 Å². The number of carbonyl (C=O) groups excluding carboxylic acids is 9. The van der Waals surface area contributed by atoms with Gasteiger partial charge in [0.15, 0.2) is 0 Å². The number of piperazine rings is 7. The SMILES string of the molecule is CC(C)C(=O)N1CCN(C(C)(C)C(N)=O)CC1.CC(C)C(=O)N1CCN(C(C)(C)C)CC1.CC(C)C(=O)N1CCN(C2CCS(=O)(=O)CC2)CC1.CC(C)C(=O)N1CCN(C=O)CC1.CC(C)C(=O)N1CCN(Cc2ncco2)CC1.CC(C)C(=O)N1CCN(c2cccnc2)CC1.COCCN1CCN(C(=O)C(C)C)CC1. The van der Waals surface area contributed by atoms with E-state index in [4.69, 9.17) is 14.9 Å². The second-order valence-electron chi connectivity index (χ2n) is 34.2. The van der Waals surface area contributed by atoms with Crippen molar-refractivity contribution < 1.29 is 60.7 Å². The number of hydrogen-bond acceptors (Lipinski definition) is 21. The van der Waals surface area contributed by atoms with Crippen molar-refractivity contribution in [1.82, 2.24) is 73.7 Å². The van der Waals surface area contributed by atoms with Crippen molar-refractivity contribution in [3.8, 4) is 0 Å². The van der Waals surface area contributed by atoms with Gasteiger partial charge in [-0.1, -0.05) is 96.9 Å². The fraction of sp³-hybridized carbons (Fsp3) is 0.793. The Bertz CT molecular complexity index is 3250. The minimum absolute atomic E-state index is 0.0331. The number of nitrogens with two attached hydrogens (primary N) is 1. The molecule has 0 saturated carbocycles. The van der Waals surface area contributed by atoms with E-state index in [-0.39, 0.29) is 88.3 Å². The summed E-state index contributed by atoms with van der Waals surface area (Å²) in [4.78, 5) is 141. The van der Waals surface area contributed by atoms with E-state index in [1.807, 2.05) is 162 Å². The summed E-state index contributed by atoms with van der Waals surface area (Å²) in [6.45, 7) is 62.9. The van der Waals surface area contributed by atoms with Crippen molar-refractivity contribution in [2.24, 2.45) is 47.2 Å². The van der Waals surface area contributed by atoms with Gasteiger partial charge in [-0.3, -0.25) is 72.6 Å². The first-order valence-corrected chi connectivity index (χ1v) is 43.4. The lowest BCUT2D eigenvalue weighted by Gasteiger charge is -2.42. The second kappa shape index (κ2) is 48.6. The first kappa shape index (κ1) is 98.5. The van der Waals surface area contributed by atoms with Crippen LogP contribution in [0, 0.1) is 41.4 Å². The Kier molecular flexibility index (Phi) is 42.3. The molecule has 31 heteroatoms. The van der Waals surface area contributed by atoms with Crippen molar-refractivity contribution in [2.45, 2.75) is 168 Å². The lowest BCUT2D eigenvalue weighted by molar-refractivity contribution is -0.139. The molecule has 0 radical (unpaired) electrons. The molecule has 8 fully saturated rings. The summed E-state index contributed by atoms with van der Waals surface area (Å²) in [5.74, 6) is 3.34. The molecule has 9 amide bonds. The lowest BCUT2D eigenvalue weighted by Crippen LogP contribution is -2.60. The summed E-state index contributed by atoms with van der Waals surface area (Å²) < 4.78 is 33.1. The number of pyridine rings is 1. The Labute approximate surface area is 678 Å². The van der Waals surface area contributed by atoms with Crippen LogP contribution >= 0.6 is 0 Å². The van der Waals surface area contributed by atoms with Gasteiger partial charge in [-0.25, -0.2) is 13.4 Å². The molecule has 8 aliphatic heterocycles. The molecule has 8 saturated heterocycles. The zero-order valence-corrected chi connectivity index (χ0v) is 73.7. The van der Waals surface area contributed by atoms with E-state index in [0.717, 1.165) is 181 Å². The molecule has 0 aromatic carbocycles. The maximum atomic E-state index is 11.9. The van der Waals surface area contributed by atoms with Crippen LogP contribution in [0.25, 0.3) is 0 Å². The minimum atomic E-state index is -2.78. The Balaban J connectivity index is 0.000000279. The highest BCUT2D eigenvalue weighted by Crippen LogP contribution is 2.23. The number of aromatic nitrogens is 2. The number of ether oxygens (including phenoxy) is 1. The molecule has 2 N–H and O–H groups in total. The molecule has 0 bridgehead atoms. The zero-order chi connectivity index (χ0) is 84.5. The first-order valence-electron chi connectivity index (χ1n) is 41.5. The number of rotatable bonds is 17. The van der Waals surface area contributed by atoms with E-state index < -0.39 is 15.4 Å². The molecule has 0 unspecified atom stereocenters. The van der Waals surface area contributed by atoms with Crippen LogP contribution in [-0.4, -0.2) is 368 Å². The number of carbonyl (C=O) groups is 9. The quantitative estimate of drug-likeness (QED) is 0.209. The molecule has 10 heterocycles. The minimum Gasteiger partial charge on any atom is -0.448 e. The number of sulfone groups is 1. The average molecular weight is 1610 g/mol. The molecular formula is C82H147N17O13S. The van der Waals surface area contributed by atoms with Gasteiger partial charge in [0, 0.05) is 256 Å². The standard InChI is InChI=1S/C13H19N3O.C13H24N2O3S.C12H19N3O2.C12H23N3O2.C12H24N2O.C11H22N2O2.C9H16N2O2/c1-11(2)13(17)16-8-6-15(7-9-16)12-4-3-5-14-10-12;1-11(2)13(16)15-7-5-14(6-8-15)12-3-9-19(17,18)10-4-12;1-10(2)12(16)15-6-4-14(5-7-15)9-11-13-3-8-17-11;1-9(2)10(16)14-5-7-15(8-6-14)12(3,4)11(13)17;1-10(2)11(15)13-6-8-14(9-7-13)12(3,4)5;1-10(2)11(14)13-6-4-12(5-7-13)8-9-15-3;1-8(2)9(13)11-5-3-10(7-12)4-6-11/h3-5,10-11H,6-9H2,1-2H3;11-12H,3-10H2,1-2H3;3,8,10H,4-7,9H2,1-2H3;9H,5-8H2,1-4H3,(H2,13,17);10H,6-9H2,1-5H3;10H,4-9H2,1-3H3;7-8H,3-6H2,1-2H3. The maximum absolute atomic E-state index is 11.9. The van der Waals surface area contributed by atoms with Crippen molar-refractivity contribution in [2.75, 3.05) is 220 Å². The van der Waals surface area contributed by atoms with Gasteiger partial charge in [-0.2, -0.15) is 0 Å². The normalized spacial score (nSPS) is 19.4. The number of amides is 9. The summed E-state index contributed by atoms with van der Waals surface area (Å²) in [6, 6.07) is 4.40. The number of hydrogen-bond donors (Lipinski definition) is 1. The lowest BCUT2D eigenvalue weighted by atomic mass is 10.0. The maximum Gasteiger partial charge on any atom is 0.237 e. The third kappa shape index (κ3) is 33.7. The molecule has 0 atom stereocenters. The van der Waals surface area contributed by atoms with Gasteiger partial charge in [-0.15, -0.1) is 0 Å².